The Kier molecular flexibility index (Phi) is 5.61. The van der Waals surface area contributed by atoms with Gasteiger partial charge in [0.2, 0.25) is 5.91 Å². The number of carbonyl (C=O) groups is 1. The fourth-order valence-electron chi connectivity index (χ4n) is 2.49. The average Bonchev–Trinajstić information content (AvgIpc) is 2.51. The molecule has 0 radical (unpaired) electrons. The second-order valence-corrected chi connectivity index (χ2v) is 6.87. The first kappa shape index (κ1) is 17.0. The van der Waals surface area contributed by atoms with E-state index in [-0.39, 0.29) is 11.5 Å². The van der Waals surface area contributed by atoms with Crippen molar-refractivity contribution in [3.8, 4) is 0 Å². The molecule has 0 aromatic carbocycles. The molecule has 0 saturated carbocycles. The van der Waals surface area contributed by atoms with Crippen LogP contribution in [0.15, 0.2) is 15.5 Å². The summed E-state index contributed by atoms with van der Waals surface area (Å²) in [6, 6.07) is 0. The quantitative estimate of drug-likeness (QED) is 0.807. The Bertz CT molecular complexity index is 592. The maximum Gasteiger partial charge on any atom is 0.282 e. The van der Waals surface area contributed by atoms with Crippen molar-refractivity contribution in [1.29, 1.82) is 0 Å². The molecule has 1 aromatic heterocycles. The second kappa shape index (κ2) is 7.26. The first-order valence-corrected chi connectivity index (χ1v) is 8.44. The Morgan fingerprint density at radius 1 is 1.32 bits per heavy atom. The second-order valence-electron chi connectivity index (χ2n) is 6.07. The summed E-state index contributed by atoms with van der Waals surface area (Å²) in [7, 11) is 1.63. The number of aryl methyl sites for hydroxylation is 1. The minimum atomic E-state index is -0.145. The average molecular weight is 371 g/mol. The summed E-state index contributed by atoms with van der Waals surface area (Å²) in [5.74, 6) is 0.780. The lowest BCUT2D eigenvalue weighted by Crippen LogP contribution is -2.49. The molecular weight excluding hydrogens is 348 g/mol. The maximum atomic E-state index is 12.1. The first-order chi connectivity index (χ1) is 10.4. The van der Waals surface area contributed by atoms with E-state index in [0.717, 1.165) is 25.2 Å². The normalized spacial score (nSPS) is 15.5. The van der Waals surface area contributed by atoms with Crippen LogP contribution in [0.3, 0.4) is 0 Å². The summed E-state index contributed by atoms with van der Waals surface area (Å²) < 4.78 is 1.84. The van der Waals surface area contributed by atoms with Gasteiger partial charge in [0.05, 0.1) is 11.9 Å². The zero-order valence-electron chi connectivity index (χ0n) is 13.4. The lowest BCUT2D eigenvalue weighted by molar-refractivity contribution is -0.131. The van der Waals surface area contributed by atoms with Crippen molar-refractivity contribution in [2.24, 2.45) is 13.0 Å². The Morgan fingerprint density at radius 2 is 1.95 bits per heavy atom. The molecule has 1 aliphatic rings. The molecule has 0 unspecified atom stereocenters. The Hall–Kier alpha value is -1.37. The molecule has 0 atom stereocenters. The van der Waals surface area contributed by atoms with Crippen molar-refractivity contribution in [3.63, 3.8) is 0 Å². The smallest absolute Gasteiger partial charge is 0.282 e. The Balaban J connectivity index is 1.96. The summed E-state index contributed by atoms with van der Waals surface area (Å²) in [6.45, 7) is 7.09. The van der Waals surface area contributed by atoms with Crippen LogP contribution in [-0.4, -0.2) is 46.8 Å². The number of carbonyl (C=O) groups excluding carboxylic acids is 1. The molecular formula is C15H23BrN4O2. The van der Waals surface area contributed by atoms with Crippen molar-refractivity contribution in [2.75, 3.05) is 31.1 Å². The number of amides is 1. The third-order valence-corrected chi connectivity index (χ3v) is 4.71. The Morgan fingerprint density at radius 3 is 2.55 bits per heavy atom. The molecule has 22 heavy (non-hydrogen) atoms. The van der Waals surface area contributed by atoms with Crippen LogP contribution in [0.5, 0.6) is 0 Å². The molecule has 1 saturated heterocycles. The van der Waals surface area contributed by atoms with Crippen LogP contribution in [0.25, 0.3) is 0 Å². The van der Waals surface area contributed by atoms with E-state index in [1.165, 1.54) is 4.68 Å². The van der Waals surface area contributed by atoms with E-state index >= 15 is 0 Å². The molecule has 0 aliphatic carbocycles. The lowest BCUT2D eigenvalue weighted by atomic mass is 10.1. The molecule has 1 aliphatic heterocycles. The molecule has 0 bridgehead atoms. The van der Waals surface area contributed by atoms with Gasteiger partial charge in [0.1, 0.15) is 4.47 Å². The predicted molar refractivity (Wildman–Crippen MR) is 90.0 cm³/mol. The van der Waals surface area contributed by atoms with Crippen molar-refractivity contribution in [1.82, 2.24) is 14.7 Å². The summed E-state index contributed by atoms with van der Waals surface area (Å²) in [6.07, 6.45) is 3.25. The molecule has 0 N–H and O–H groups in total. The van der Waals surface area contributed by atoms with Crippen LogP contribution < -0.4 is 10.5 Å². The van der Waals surface area contributed by atoms with Crippen molar-refractivity contribution < 1.29 is 4.79 Å². The van der Waals surface area contributed by atoms with Crippen molar-refractivity contribution in [2.45, 2.75) is 26.7 Å². The highest BCUT2D eigenvalue weighted by molar-refractivity contribution is 9.10. The highest BCUT2D eigenvalue weighted by atomic mass is 79.9. The molecule has 1 amide bonds. The van der Waals surface area contributed by atoms with E-state index in [0.29, 0.717) is 29.9 Å². The van der Waals surface area contributed by atoms with Gasteiger partial charge in [-0.1, -0.05) is 13.8 Å². The molecule has 1 aromatic rings. The highest BCUT2D eigenvalue weighted by Crippen LogP contribution is 2.22. The molecule has 0 spiro atoms. The van der Waals surface area contributed by atoms with E-state index in [1.54, 1.807) is 13.2 Å². The predicted octanol–water partition coefficient (Wildman–Crippen LogP) is 1.63. The summed E-state index contributed by atoms with van der Waals surface area (Å²) in [5.41, 5.74) is 0.658. The standard InChI is InChI=1S/C15H23BrN4O2/c1-11(2)4-5-13(21)20-8-6-19(7-9-20)12-10-17-18(3)15(22)14(12)16/h10-11H,4-9H2,1-3H3. The number of rotatable bonds is 4. The van der Waals surface area contributed by atoms with Gasteiger partial charge in [-0.15, -0.1) is 0 Å². The van der Waals surface area contributed by atoms with Gasteiger partial charge in [-0.3, -0.25) is 9.59 Å². The van der Waals surface area contributed by atoms with Gasteiger partial charge in [-0.25, -0.2) is 4.68 Å². The third kappa shape index (κ3) is 3.88. The highest BCUT2D eigenvalue weighted by Gasteiger charge is 2.23. The fraction of sp³-hybridized carbons (Fsp3) is 0.667. The van der Waals surface area contributed by atoms with Crippen LogP contribution in [0.2, 0.25) is 0 Å². The summed E-state index contributed by atoms with van der Waals surface area (Å²) >= 11 is 3.36. The molecule has 6 nitrogen and oxygen atoms in total. The Labute approximate surface area is 139 Å². The number of hydrogen-bond donors (Lipinski definition) is 0. The SMILES string of the molecule is CC(C)CCC(=O)N1CCN(c2cnn(C)c(=O)c2Br)CC1. The molecule has 122 valence electrons. The number of piperazine rings is 1. The van der Waals surface area contributed by atoms with Gasteiger partial charge in [0, 0.05) is 39.6 Å². The number of anilines is 1. The van der Waals surface area contributed by atoms with Crippen LogP contribution >= 0.6 is 15.9 Å². The summed E-state index contributed by atoms with van der Waals surface area (Å²) in [4.78, 5) is 28.1. The first-order valence-electron chi connectivity index (χ1n) is 7.64. The number of hydrogen-bond acceptors (Lipinski definition) is 4. The fourth-order valence-corrected chi connectivity index (χ4v) is 3.10. The summed E-state index contributed by atoms with van der Waals surface area (Å²) in [5, 5.41) is 4.07. The van der Waals surface area contributed by atoms with Gasteiger partial charge in [0.15, 0.2) is 0 Å². The maximum absolute atomic E-state index is 12.1. The van der Waals surface area contributed by atoms with Gasteiger partial charge < -0.3 is 9.80 Å². The minimum absolute atomic E-state index is 0.145. The van der Waals surface area contributed by atoms with E-state index in [2.05, 4.69) is 39.8 Å². The van der Waals surface area contributed by atoms with Gasteiger partial charge in [-0.2, -0.15) is 5.10 Å². The number of aromatic nitrogens is 2. The van der Waals surface area contributed by atoms with Gasteiger partial charge in [0.25, 0.3) is 5.56 Å². The zero-order chi connectivity index (χ0) is 16.3. The van der Waals surface area contributed by atoms with E-state index in [9.17, 15) is 9.59 Å². The zero-order valence-corrected chi connectivity index (χ0v) is 15.0. The molecule has 7 heteroatoms. The largest absolute Gasteiger partial charge is 0.366 e. The molecule has 2 rings (SSSR count). The number of nitrogens with zero attached hydrogens (tertiary/aromatic N) is 4. The van der Waals surface area contributed by atoms with Crippen molar-refractivity contribution >= 4 is 27.5 Å². The van der Waals surface area contributed by atoms with E-state index in [1.807, 2.05) is 4.90 Å². The number of halogens is 1. The molecule has 2 heterocycles. The third-order valence-electron chi connectivity index (χ3n) is 3.97. The van der Waals surface area contributed by atoms with Gasteiger partial charge >= 0.3 is 0 Å². The van der Waals surface area contributed by atoms with Gasteiger partial charge in [-0.05, 0) is 28.3 Å². The van der Waals surface area contributed by atoms with Crippen molar-refractivity contribution in [3.05, 3.63) is 21.0 Å². The van der Waals surface area contributed by atoms with Crippen LogP contribution in [0, 0.1) is 5.92 Å². The van der Waals surface area contributed by atoms with Crippen LogP contribution in [0.1, 0.15) is 26.7 Å². The van der Waals surface area contributed by atoms with E-state index < -0.39 is 0 Å². The van der Waals surface area contributed by atoms with Crippen LogP contribution in [0.4, 0.5) is 5.69 Å². The monoisotopic (exact) mass is 370 g/mol. The lowest BCUT2D eigenvalue weighted by Gasteiger charge is -2.36. The van der Waals surface area contributed by atoms with Crippen LogP contribution in [-0.2, 0) is 11.8 Å². The minimum Gasteiger partial charge on any atom is -0.366 e. The topological polar surface area (TPSA) is 58.4 Å². The molecule has 1 fully saturated rings. The van der Waals surface area contributed by atoms with E-state index in [4.69, 9.17) is 0 Å².